The quantitative estimate of drug-likeness (QED) is 0.346. The molecule has 0 bridgehead atoms. The number of nitrogens with zero attached hydrogens (tertiary/aromatic N) is 3. The third-order valence-electron chi connectivity index (χ3n) is 6.12. The number of piperazine rings is 1. The number of carbonyl (C=O) groups is 1. The highest BCUT2D eigenvalue weighted by Crippen LogP contribution is 2.32. The maximum Gasteiger partial charge on any atom is 0.255 e. The molecule has 1 aliphatic rings. The summed E-state index contributed by atoms with van der Waals surface area (Å²) in [6, 6.07) is 22.9. The molecular formula is C28H30N4O3S. The maximum absolute atomic E-state index is 12.9. The highest BCUT2D eigenvalue weighted by Gasteiger charge is 2.20. The minimum atomic E-state index is -0.124. The Bertz CT molecular complexity index is 1300. The maximum atomic E-state index is 12.9. The van der Waals surface area contributed by atoms with Crippen molar-refractivity contribution in [2.75, 3.05) is 50.8 Å². The zero-order valence-corrected chi connectivity index (χ0v) is 21.2. The topological polar surface area (TPSA) is 66.9 Å². The van der Waals surface area contributed by atoms with Gasteiger partial charge in [0.25, 0.3) is 5.91 Å². The van der Waals surface area contributed by atoms with E-state index in [9.17, 15) is 4.79 Å². The molecular weight excluding hydrogens is 472 g/mol. The molecule has 7 nitrogen and oxygen atoms in total. The summed E-state index contributed by atoms with van der Waals surface area (Å²) in [5.41, 5.74) is 1.55. The van der Waals surface area contributed by atoms with Crippen molar-refractivity contribution in [1.82, 2.24) is 15.2 Å². The number of anilines is 1. The molecule has 1 aromatic heterocycles. The Morgan fingerprint density at radius 2 is 1.75 bits per heavy atom. The third-order valence-corrected chi connectivity index (χ3v) is 7.20. The number of thiazole rings is 1. The Hall–Kier alpha value is -3.62. The van der Waals surface area contributed by atoms with Gasteiger partial charge >= 0.3 is 0 Å². The molecule has 1 amide bonds. The van der Waals surface area contributed by atoms with Crippen LogP contribution in [0, 0.1) is 0 Å². The van der Waals surface area contributed by atoms with Crippen LogP contribution in [0.3, 0.4) is 0 Å². The fourth-order valence-corrected chi connectivity index (χ4v) is 5.27. The SMILES string of the molecule is CCOc1ccc2nc(N3CCN(CCNC(=O)c4ccccc4Oc4ccccc4)CC3)sc2c1. The first-order valence-corrected chi connectivity index (χ1v) is 13.1. The van der Waals surface area contributed by atoms with E-state index >= 15 is 0 Å². The number of ether oxygens (including phenoxy) is 2. The van der Waals surface area contributed by atoms with Crippen LogP contribution in [0.1, 0.15) is 17.3 Å². The largest absolute Gasteiger partial charge is 0.494 e. The Kier molecular flexibility index (Phi) is 7.64. The van der Waals surface area contributed by atoms with Gasteiger partial charge in [-0.1, -0.05) is 41.7 Å². The molecule has 0 radical (unpaired) electrons. The summed E-state index contributed by atoms with van der Waals surface area (Å²) >= 11 is 1.71. The average Bonchev–Trinajstić information content (AvgIpc) is 3.34. The lowest BCUT2D eigenvalue weighted by atomic mass is 10.2. The van der Waals surface area contributed by atoms with Crippen LogP contribution in [-0.4, -0.2) is 61.7 Å². The van der Waals surface area contributed by atoms with Gasteiger partial charge in [-0.15, -0.1) is 0 Å². The van der Waals surface area contributed by atoms with Gasteiger partial charge in [0.15, 0.2) is 5.13 Å². The van der Waals surface area contributed by atoms with Gasteiger partial charge in [-0.25, -0.2) is 4.98 Å². The van der Waals surface area contributed by atoms with E-state index in [1.54, 1.807) is 17.4 Å². The molecule has 4 aromatic rings. The molecule has 5 rings (SSSR count). The summed E-state index contributed by atoms with van der Waals surface area (Å²) in [6.45, 7) is 7.74. The van der Waals surface area contributed by atoms with Gasteiger partial charge in [0.1, 0.15) is 17.2 Å². The van der Waals surface area contributed by atoms with E-state index in [1.165, 1.54) is 0 Å². The second-order valence-corrected chi connectivity index (χ2v) is 9.56. The van der Waals surface area contributed by atoms with E-state index in [4.69, 9.17) is 14.5 Å². The lowest BCUT2D eigenvalue weighted by Crippen LogP contribution is -2.48. The highest BCUT2D eigenvalue weighted by atomic mass is 32.1. The summed E-state index contributed by atoms with van der Waals surface area (Å²) < 4.78 is 12.7. The predicted molar refractivity (Wildman–Crippen MR) is 145 cm³/mol. The van der Waals surface area contributed by atoms with E-state index in [2.05, 4.69) is 21.2 Å². The molecule has 2 heterocycles. The zero-order valence-electron chi connectivity index (χ0n) is 20.4. The Labute approximate surface area is 215 Å². The number of para-hydroxylation sites is 2. The second-order valence-electron chi connectivity index (χ2n) is 8.55. The van der Waals surface area contributed by atoms with E-state index in [0.29, 0.717) is 30.2 Å². The molecule has 0 atom stereocenters. The molecule has 8 heteroatoms. The molecule has 1 saturated heterocycles. The Balaban J connectivity index is 1.11. The fourth-order valence-electron chi connectivity index (χ4n) is 4.23. The Morgan fingerprint density at radius 1 is 0.972 bits per heavy atom. The molecule has 0 unspecified atom stereocenters. The molecule has 1 fully saturated rings. The molecule has 36 heavy (non-hydrogen) atoms. The van der Waals surface area contributed by atoms with Crippen LogP contribution in [0.5, 0.6) is 17.2 Å². The van der Waals surface area contributed by atoms with Crippen LogP contribution < -0.4 is 19.7 Å². The highest BCUT2D eigenvalue weighted by molar-refractivity contribution is 7.22. The standard InChI is InChI=1S/C28H30N4O3S/c1-2-34-22-12-13-24-26(20-22)36-28(30-24)32-18-16-31(17-19-32)15-14-29-27(33)23-10-6-7-11-25(23)35-21-8-4-3-5-9-21/h3-13,20H,2,14-19H2,1H3,(H,29,33). The summed E-state index contributed by atoms with van der Waals surface area (Å²) in [5, 5.41) is 4.11. The Morgan fingerprint density at radius 3 is 2.56 bits per heavy atom. The van der Waals surface area contributed by atoms with Gasteiger partial charge in [0.05, 0.1) is 22.4 Å². The van der Waals surface area contributed by atoms with Gasteiger partial charge in [-0.3, -0.25) is 9.69 Å². The molecule has 3 aromatic carbocycles. The number of fused-ring (bicyclic) bond motifs is 1. The molecule has 186 valence electrons. The predicted octanol–water partition coefficient (Wildman–Crippen LogP) is 5.04. The number of hydrogen-bond acceptors (Lipinski definition) is 7. The van der Waals surface area contributed by atoms with E-state index in [1.807, 2.05) is 67.6 Å². The molecule has 0 spiro atoms. The van der Waals surface area contributed by atoms with Crippen molar-refractivity contribution < 1.29 is 14.3 Å². The lowest BCUT2D eigenvalue weighted by Gasteiger charge is -2.34. The smallest absolute Gasteiger partial charge is 0.255 e. The number of rotatable bonds is 9. The summed E-state index contributed by atoms with van der Waals surface area (Å²) in [7, 11) is 0. The van der Waals surface area contributed by atoms with Gasteiger partial charge in [0.2, 0.25) is 0 Å². The van der Waals surface area contributed by atoms with Gasteiger partial charge in [-0.05, 0) is 49.4 Å². The fraction of sp³-hybridized carbons (Fsp3) is 0.286. The van der Waals surface area contributed by atoms with Crippen LogP contribution in [0.15, 0.2) is 72.8 Å². The molecule has 1 aliphatic heterocycles. The minimum absolute atomic E-state index is 0.124. The normalized spacial score (nSPS) is 14.1. The van der Waals surface area contributed by atoms with Crippen LogP contribution in [0.2, 0.25) is 0 Å². The first-order valence-electron chi connectivity index (χ1n) is 12.3. The summed E-state index contributed by atoms with van der Waals surface area (Å²) in [5.74, 6) is 2.03. The first kappa shape index (κ1) is 24.1. The van der Waals surface area contributed by atoms with Crippen LogP contribution in [0.25, 0.3) is 10.2 Å². The van der Waals surface area contributed by atoms with E-state index in [0.717, 1.165) is 53.8 Å². The van der Waals surface area contributed by atoms with Crippen LogP contribution in [-0.2, 0) is 0 Å². The summed E-state index contributed by atoms with van der Waals surface area (Å²) in [4.78, 5) is 22.4. The van der Waals surface area contributed by atoms with Gasteiger partial charge < -0.3 is 19.7 Å². The van der Waals surface area contributed by atoms with Crippen LogP contribution >= 0.6 is 11.3 Å². The minimum Gasteiger partial charge on any atom is -0.494 e. The second kappa shape index (κ2) is 11.4. The molecule has 0 saturated carbocycles. The number of benzene rings is 3. The number of aromatic nitrogens is 1. The molecule has 0 aliphatic carbocycles. The van der Waals surface area contributed by atoms with Crippen LogP contribution in [0.4, 0.5) is 5.13 Å². The first-order chi connectivity index (χ1) is 17.7. The van der Waals surface area contributed by atoms with Gasteiger partial charge in [0, 0.05) is 39.3 Å². The van der Waals surface area contributed by atoms with E-state index < -0.39 is 0 Å². The lowest BCUT2D eigenvalue weighted by molar-refractivity contribution is 0.0945. The number of hydrogen-bond donors (Lipinski definition) is 1. The van der Waals surface area contributed by atoms with Crippen molar-refractivity contribution >= 4 is 32.6 Å². The van der Waals surface area contributed by atoms with Crippen molar-refractivity contribution in [3.05, 3.63) is 78.4 Å². The van der Waals surface area contributed by atoms with Crippen molar-refractivity contribution in [2.24, 2.45) is 0 Å². The van der Waals surface area contributed by atoms with Crippen molar-refractivity contribution in [3.8, 4) is 17.2 Å². The van der Waals surface area contributed by atoms with Crippen molar-refractivity contribution in [2.45, 2.75) is 6.92 Å². The average molecular weight is 503 g/mol. The zero-order chi connectivity index (χ0) is 24.7. The van der Waals surface area contributed by atoms with Crippen molar-refractivity contribution in [1.29, 1.82) is 0 Å². The number of carbonyl (C=O) groups excluding carboxylic acids is 1. The van der Waals surface area contributed by atoms with Crippen molar-refractivity contribution in [3.63, 3.8) is 0 Å². The third kappa shape index (κ3) is 5.78. The molecule has 1 N–H and O–H groups in total. The monoisotopic (exact) mass is 502 g/mol. The van der Waals surface area contributed by atoms with E-state index in [-0.39, 0.29) is 5.91 Å². The summed E-state index contributed by atoms with van der Waals surface area (Å²) in [6.07, 6.45) is 0. The van der Waals surface area contributed by atoms with Gasteiger partial charge in [-0.2, -0.15) is 0 Å². The number of amides is 1. The number of nitrogens with one attached hydrogen (secondary N) is 1.